The molecular weight excluding hydrogens is 484 g/mol. The van der Waals surface area contributed by atoms with Crippen LogP contribution in [0.2, 0.25) is 0 Å². The minimum atomic E-state index is 0.770. The number of aromatic amines is 1. The normalized spacial score (nSPS) is 10.7. The van der Waals surface area contributed by atoms with Crippen LogP contribution in [0.1, 0.15) is 54.2 Å². The second kappa shape index (κ2) is 13.1. The lowest BCUT2D eigenvalue weighted by Crippen LogP contribution is -2.01. The molecule has 202 valence electrons. The van der Waals surface area contributed by atoms with Gasteiger partial charge < -0.3 is 14.5 Å². The van der Waals surface area contributed by atoms with E-state index in [-0.39, 0.29) is 0 Å². The summed E-state index contributed by atoms with van der Waals surface area (Å²) in [6.45, 7) is 11.1. The van der Waals surface area contributed by atoms with Gasteiger partial charge in [0.2, 0.25) is 0 Å². The van der Waals surface area contributed by atoms with Crippen molar-refractivity contribution in [3.8, 4) is 22.6 Å². The molecule has 1 N–H and O–H groups in total. The number of hydrogen-bond acceptors (Lipinski definition) is 5. The molecule has 0 bridgehead atoms. The highest BCUT2D eigenvalue weighted by atomic mass is 16.5. The van der Waals surface area contributed by atoms with Gasteiger partial charge in [-0.15, -0.1) is 0 Å². The van der Waals surface area contributed by atoms with Gasteiger partial charge in [-0.2, -0.15) is 0 Å². The third kappa shape index (κ3) is 6.82. The molecule has 0 amide bonds. The van der Waals surface area contributed by atoms with Crippen LogP contribution in [0.5, 0.6) is 11.5 Å². The third-order valence-electron chi connectivity index (χ3n) is 6.77. The number of imidazole rings is 1. The number of para-hydroxylation sites is 1. The van der Waals surface area contributed by atoms with Gasteiger partial charge in [-0.25, -0.2) is 15.0 Å². The fraction of sp³-hybridized carbons (Fsp3) is 0.303. The first-order chi connectivity index (χ1) is 18.9. The first-order valence-electron chi connectivity index (χ1n) is 13.5. The maximum Gasteiger partial charge on any atom is 0.122 e. The second-order valence-electron chi connectivity index (χ2n) is 9.59. The van der Waals surface area contributed by atoms with Crippen LogP contribution in [0.3, 0.4) is 0 Å². The summed E-state index contributed by atoms with van der Waals surface area (Å²) in [5.41, 5.74) is 10.2. The van der Waals surface area contributed by atoms with Crippen molar-refractivity contribution in [1.82, 2.24) is 19.9 Å². The minimum Gasteiger partial charge on any atom is -0.496 e. The second-order valence-corrected chi connectivity index (χ2v) is 9.59. The summed E-state index contributed by atoms with van der Waals surface area (Å²) in [5.74, 6) is 2.87. The van der Waals surface area contributed by atoms with Crippen LogP contribution >= 0.6 is 0 Å². The molecule has 6 heteroatoms. The predicted octanol–water partition coefficient (Wildman–Crippen LogP) is 7.58. The van der Waals surface area contributed by atoms with Crippen molar-refractivity contribution in [3.05, 3.63) is 101 Å². The van der Waals surface area contributed by atoms with E-state index in [4.69, 9.17) is 9.47 Å². The van der Waals surface area contributed by atoms with E-state index in [1.807, 2.05) is 39.0 Å². The smallest absolute Gasteiger partial charge is 0.122 e. The van der Waals surface area contributed by atoms with Crippen molar-refractivity contribution in [1.29, 1.82) is 0 Å². The molecule has 5 rings (SSSR count). The number of fused-ring (bicyclic) bond motifs is 1. The molecule has 39 heavy (non-hydrogen) atoms. The Labute approximate surface area is 231 Å². The molecule has 0 aliphatic rings. The molecule has 0 fully saturated rings. The van der Waals surface area contributed by atoms with Crippen LogP contribution in [0, 0.1) is 20.8 Å². The molecule has 0 unspecified atom stereocenters. The monoisotopic (exact) mass is 522 g/mol. The summed E-state index contributed by atoms with van der Waals surface area (Å²) in [6, 6.07) is 20.9. The van der Waals surface area contributed by atoms with Gasteiger partial charge in [-0.3, -0.25) is 0 Å². The molecular formula is C33H38N4O2. The zero-order valence-electron chi connectivity index (χ0n) is 23.8. The summed E-state index contributed by atoms with van der Waals surface area (Å²) < 4.78 is 11.2. The molecule has 0 saturated heterocycles. The number of benzene rings is 3. The Morgan fingerprint density at radius 1 is 0.795 bits per heavy atom. The fourth-order valence-electron chi connectivity index (χ4n) is 4.62. The average Bonchev–Trinajstić information content (AvgIpc) is 3.33. The van der Waals surface area contributed by atoms with Gasteiger partial charge in [0, 0.05) is 17.8 Å². The lowest BCUT2D eigenvalue weighted by Gasteiger charge is -2.12. The Bertz CT molecular complexity index is 1520. The highest BCUT2D eigenvalue weighted by molar-refractivity contribution is 5.82. The lowest BCUT2D eigenvalue weighted by atomic mass is 10.0. The molecule has 0 aliphatic carbocycles. The maximum absolute atomic E-state index is 5.83. The van der Waals surface area contributed by atoms with Gasteiger partial charge >= 0.3 is 0 Å². The number of rotatable bonds is 8. The first-order valence-corrected chi connectivity index (χ1v) is 13.5. The summed E-state index contributed by atoms with van der Waals surface area (Å²) in [7, 11) is 1.69. The molecule has 6 nitrogen and oxygen atoms in total. The topological polar surface area (TPSA) is 72.9 Å². The third-order valence-corrected chi connectivity index (χ3v) is 6.77. The van der Waals surface area contributed by atoms with Crippen molar-refractivity contribution in [3.63, 3.8) is 0 Å². The Kier molecular flexibility index (Phi) is 9.31. The van der Waals surface area contributed by atoms with Crippen LogP contribution in [-0.4, -0.2) is 33.7 Å². The molecule has 0 saturated carbocycles. The first kappa shape index (κ1) is 27.8. The fourth-order valence-corrected chi connectivity index (χ4v) is 4.62. The Morgan fingerprint density at radius 2 is 1.51 bits per heavy atom. The molecule has 2 heterocycles. The number of nitrogens with one attached hydrogen (secondary N) is 1. The largest absolute Gasteiger partial charge is 0.496 e. The standard InChI is InChI=1S/C19H22N2O.C14H16N2O/c1-4-10-22-19-9-7-15(11-14(19)5-2)16-6-8-17-18(12-16)21-13(3)20-17;1-10-13(11(2)16-9-15-10)8-12-6-4-5-7-14(12)17-3/h6-9,11-12H,4-5,10H2,1-3H3,(H,20,21);4-7,9H,8H2,1-3H3. The summed E-state index contributed by atoms with van der Waals surface area (Å²) in [6.07, 6.45) is 4.41. The van der Waals surface area contributed by atoms with Crippen molar-refractivity contribution >= 4 is 11.0 Å². The Morgan fingerprint density at radius 3 is 2.23 bits per heavy atom. The summed E-state index contributed by atoms with van der Waals surface area (Å²) in [4.78, 5) is 16.2. The predicted molar refractivity (Wildman–Crippen MR) is 159 cm³/mol. The molecule has 0 atom stereocenters. The van der Waals surface area contributed by atoms with Gasteiger partial charge in [0.05, 0.1) is 24.8 Å². The van der Waals surface area contributed by atoms with Crippen LogP contribution in [0.15, 0.2) is 67.0 Å². The molecule has 3 aromatic carbocycles. The molecule has 5 aromatic rings. The van der Waals surface area contributed by atoms with E-state index in [9.17, 15) is 0 Å². The van der Waals surface area contributed by atoms with Crippen LogP contribution in [0.4, 0.5) is 0 Å². The van der Waals surface area contributed by atoms with E-state index in [1.54, 1.807) is 13.4 Å². The minimum absolute atomic E-state index is 0.770. The van der Waals surface area contributed by atoms with E-state index in [0.717, 1.165) is 71.2 Å². The van der Waals surface area contributed by atoms with Crippen molar-refractivity contribution < 1.29 is 9.47 Å². The van der Waals surface area contributed by atoms with Crippen LogP contribution in [0.25, 0.3) is 22.2 Å². The molecule has 0 aliphatic heterocycles. The van der Waals surface area contributed by atoms with Gasteiger partial charge in [0.15, 0.2) is 0 Å². The molecule has 0 spiro atoms. The highest BCUT2D eigenvalue weighted by Gasteiger charge is 2.09. The van der Waals surface area contributed by atoms with E-state index in [1.165, 1.54) is 22.3 Å². The summed E-state index contributed by atoms with van der Waals surface area (Å²) in [5, 5.41) is 0. The van der Waals surface area contributed by atoms with E-state index >= 15 is 0 Å². The lowest BCUT2D eigenvalue weighted by molar-refractivity contribution is 0.314. The van der Waals surface area contributed by atoms with E-state index in [2.05, 4.69) is 76.2 Å². The highest BCUT2D eigenvalue weighted by Crippen LogP contribution is 2.29. The zero-order valence-corrected chi connectivity index (χ0v) is 23.8. The number of ether oxygens (including phenoxy) is 2. The number of H-pyrrole nitrogens is 1. The Hall–Kier alpha value is -4.19. The van der Waals surface area contributed by atoms with Crippen LogP contribution in [-0.2, 0) is 12.8 Å². The van der Waals surface area contributed by atoms with Gasteiger partial charge in [0.1, 0.15) is 23.7 Å². The quantitative estimate of drug-likeness (QED) is 0.227. The molecule has 0 radical (unpaired) electrons. The van der Waals surface area contributed by atoms with Gasteiger partial charge in [-0.1, -0.05) is 44.2 Å². The zero-order chi connectivity index (χ0) is 27.8. The van der Waals surface area contributed by atoms with Crippen molar-refractivity contribution in [2.75, 3.05) is 13.7 Å². The van der Waals surface area contributed by atoms with Crippen molar-refractivity contribution in [2.24, 2.45) is 0 Å². The van der Waals surface area contributed by atoms with E-state index < -0.39 is 0 Å². The number of aromatic nitrogens is 4. The number of nitrogens with zero attached hydrogens (tertiary/aromatic N) is 3. The van der Waals surface area contributed by atoms with E-state index in [0.29, 0.717) is 0 Å². The molecule has 2 aromatic heterocycles. The summed E-state index contributed by atoms with van der Waals surface area (Å²) >= 11 is 0. The average molecular weight is 523 g/mol. The van der Waals surface area contributed by atoms with Gasteiger partial charge in [-0.05, 0) is 91.8 Å². The van der Waals surface area contributed by atoms with Crippen LogP contribution < -0.4 is 9.47 Å². The Balaban J connectivity index is 0.000000187. The SMILES string of the molecule is CCCOc1ccc(-c2ccc3nc(C)[nH]c3c2)cc1CC.COc1ccccc1Cc1c(C)ncnc1C. The van der Waals surface area contributed by atoms with Gasteiger partial charge in [0.25, 0.3) is 0 Å². The maximum atomic E-state index is 5.83. The number of hydrogen-bond donors (Lipinski definition) is 1. The number of aryl methyl sites for hydroxylation is 4. The van der Waals surface area contributed by atoms with Crippen molar-refractivity contribution in [2.45, 2.75) is 53.9 Å². The number of methoxy groups -OCH3 is 1.